The summed E-state index contributed by atoms with van der Waals surface area (Å²) in [5.41, 5.74) is 1.94. The topological polar surface area (TPSA) is 58.4 Å². The standard InChI is InChI=1S/C19H22N4O2/c1-14(24)23-17-7-3-2-5-15(17)11-18(23)19(25)21-9-4-6-16(12-21)22-10-8-20-13-22/h2-3,5,7-8,10,13,16,18H,4,6,9,11-12H2,1H3/t16-,18-/m0/s1. The highest BCUT2D eigenvalue weighted by molar-refractivity contribution is 6.02. The van der Waals surface area contributed by atoms with Crippen molar-refractivity contribution in [3.05, 3.63) is 48.5 Å². The zero-order valence-corrected chi connectivity index (χ0v) is 14.3. The number of anilines is 1. The number of nitrogens with zero attached hydrogens (tertiary/aromatic N) is 4. The van der Waals surface area contributed by atoms with Crippen molar-refractivity contribution in [1.82, 2.24) is 14.5 Å². The molecule has 0 radical (unpaired) electrons. The van der Waals surface area contributed by atoms with E-state index < -0.39 is 6.04 Å². The van der Waals surface area contributed by atoms with Crippen LogP contribution in [0.25, 0.3) is 0 Å². The van der Waals surface area contributed by atoms with Gasteiger partial charge in [-0.05, 0) is 24.5 Å². The second-order valence-electron chi connectivity index (χ2n) is 6.83. The van der Waals surface area contributed by atoms with Gasteiger partial charge in [-0.15, -0.1) is 0 Å². The first-order chi connectivity index (χ1) is 12.1. The van der Waals surface area contributed by atoms with Crippen molar-refractivity contribution >= 4 is 17.5 Å². The predicted molar refractivity (Wildman–Crippen MR) is 94.2 cm³/mol. The van der Waals surface area contributed by atoms with E-state index in [-0.39, 0.29) is 17.9 Å². The fourth-order valence-corrected chi connectivity index (χ4v) is 4.07. The summed E-state index contributed by atoms with van der Waals surface area (Å²) in [6.45, 7) is 2.96. The molecule has 130 valence electrons. The van der Waals surface area contributed by atoms with Crippen LogP contribution in [0.4, 0.5) is 5.69 Å². The number of imidazole rings is 1. The fraction of sp³-hybridized carbons (Fsp3) is 0.421. The van der Waals surface area contributed by atoms with Crippen molar-refractivity contribution < 1.29 is 9.59 Å². The molecule has 1 saturated heterocycles. The number of fused-ring (bicyclic) bond motifs is 1. The molecule has 4 rings (SSSR count). The molecule has 1 aromatic carbocycles. The van der Waals surface area contributed by atoms with Gasteiger partial charge in [-0.2, -0.15) is 0 Å². The third-order valence-electron chi connectivity index (χ3n) is 5.26. The number of likely N-dealkylation sites (tertiary alicyclic amines) is 1. The number of carbonyl (C=O) groups is 2. The lowest BCUT2D eigenvalue weighted by atomic mass is 10.0. The molecule has 0 saturated carbocycles. The van der Waals surface area contributed by atoms with Crippen LogP contribution in [0.5, 0.6) is 0 Å². The van der Waals surface area contributed by atoms with Crippen LogP contribution < -0.4 is 4.90 Å². The molecular formula is C19H22N4O2. The summed E-state index contributed by atoms with van der Waals surface area (Å²) in [5.74, 6) is -0.0253. The number of hydrogen-bond acceptors (Lipinski definition) is 3. The van der Waals surface area contributed by atoms with Crippen molar-refractivity contribution in [2.75, 3.05) is 18.0 Å². The number of benzene rings is 1. The van der Waals surface area contributed by atoms with Crippen LogP contribution in [0.3, 0.4) is 0 Å². The SMILES string of the molecule is CC(=O)N1c2ccccc2C[C@H]1C(=O)N1CCC[C@H](n2ccnc2)C1. The summed E-state index contributed by atoms with van der Waals surface area (Å²) in [6, 6.07) is 7.64. The van der Waals surface area contributed by atoms with Gasteiger partial charge in [-0.3, -0.25) is 14.5 Å². The van der Waals surface area contributed by atoms with E-state index in [9.17, 15) is 9.59 Å². The minimum absolute atomic E-state index is 0.0521. The van der Waals surface area contributed by atoms with Crippen LogP contribution in [0, 0.1) is 0 Å². The smallest absolute Gasteiger partial charge is 0.246 e. The minimum Gasteiger partial charge on any atom is -0.339 e. The maximum absolute atomic E-state index is 13.2. The molecule has 2 aliphatic heterocycles. The van der Waals surface area contributed by atoms with Gasteiger partial charge in [-0.1, -0.05) is 18.2 Å². The van der Waals surface area contributed by atoms with Gasteiger partial charge in [-0.25, -0.2) is 4.98 Å². The largest absolute Gasteiger partial charge is 0.339 e. The Morgan fingerprint density at radius 3 is 2.84 bits per heavy atom. The van der Waals surface area contributed by atoms with E-state index in [0.29, 0.717) is 13.0 Å². The highest BCUT2D eigenvalue weighted by Crippen LogP contribution is 2.33. The van der Waals surface area contributed by atoms with Gasteiger partial charge in [0.05, 0.1) is 12.4 Å². The lowest BCUT2D eigenvalue weighted by Crippen LogP contribution is -2.51. The van der Waals surface area contributed by atoms with Crippen LogP contribution in [0.1, 0.15) is 31.4 Å². The van der Waals surface area contributed by atoms with E-state index in [1.54, 1.807) is 11.1 Å². The van der Waals surface area contributed by atoms with Gasteiger partial charge >= 0.3 is 0 Å². The fourth-order valence-electron chi connectivity index (χ4n) is 4.07. The van der Waals surface area contributed by atoms with Crippen molar-refractivity contribution in [3.8, 4) is 0 Å². The lowest BCUT2D eigenvalue weighted by molar-refractivity contribution is -0.135. The average molecular weight is 338 g/mol. The molecule has 0 spiro atoms. The summed E-state index contributed by atoms with van der Waals surface area (Å²) in [4.78, 5) is 33.1. The van der Waals surface area contributed by atoms with Gasteiger partial charge in [0.15, 0.2) is 0 Å². The van der Waals surface area contributed by atoms with E-state index in [1.165, 1.54) is 6.92 Å². The minimum atomic E-state index is -0.420. The molecule has 6 heteroatoms. The summed E-state index contributed by atoms with van der Waals surface area (Å²) >= 11 is 0. The third kappa shape index (κ3) is 2.81. The van der Waals surface area contributed by atoms with E-state index >= 15 is 0 Å². The number of carbonyl (C=O) groups excluding carboxylic acids is 2. The highest BCUT2D eigenvalue weighted by Gasteiger charge is 2.39. The molecule has 25 heavy (non-hydrogen) atoms. The predicted octanol–water partition coefficient (Wildman–Crippen LogP) is 2.02. The first-order valence-corrected chi connectivity index (χ1v) is 8.79. The second-order valence-corrected chi connectivity index (χ2v) is 6.83. The lowest BCUT2D eigenvalue weighted by Gasteiger charge is -2.36. The molecule has 2 amide bonds. The number of piperidine rings is 1. The molecule has 0 aliphatic carbocycles. The van der Waals surface area contributed by atoms with E-state index in [0.717, 1.165) is 30.6 Å². The monoisotopic (exact) mass is 338 g/mol. The zero-order valence-electron chi connectivity index (χ0n) is 14.3. The molecule has 0 bridgehead atoms. The van der Waals surface area contributed by atoms with Crippen molar-refractivity contribution in [1.29, 1.82) is 0 Å². The van der Waals surface area contributed by atoms with Gasteiger partial charge in [0.1, 0.15) is 6.04 Å². The molecule has 2 aliphatic rings. The van der Waals surface area contributed by atoms with Gasteiger partial charge in [0.25, 0.3) is 0 Å². The van der Waals surface area contributed by atoms with Crippen LogP contribution in [0.15, 0.2) is 43.0 Å². The number of hydrogen-bond donors (Lipinski definition) is 0. The summed E-state index contributed by atoms with van der Waals surface area (Å²) in [6.07, 6.45) is 8.14. The summed E-state index contributed by atoms with van der Waals surface area (Å²) in [5, 5.41) is 0. The zero-order chi connectivity index (χ0) is 17.4. The summed E-state index contributed by atoms with van der Waals surface area (Å²) < 4.78 is 2.07. The molecule has 6 nitrogen and oxygen atoms in total. The van der Waals surface area contributed by atoms with Gasteiger partial charge < -0.3 is 9.47 Å². The van der Waals surface area contributed by atoms with Crippen LogP contribution in [-0.2, 0) is 16.0 Å². The normalized spacial score (nSPS) is 22.8. The molecule has 3 heterocycles. The van der Waals surface area contributed by atoms with Crippen molar-refractivity contribution in [2.24, 2.45) is 0 Å². The molecular weight excluding hydrogens is 316 g/mol. The maximum atomic E-state index is 13.2. The Morgan fingerprint density at radius 2 is 2.08 bits per heavy atom. The summed E-state index contributed by atoms with van der Waals surface area (Å²) in [7, 11) is 0. The van der Waals surface area contributed by atoms with Crippen LogP contribution in [0.2, 0.25) is 0 Å². The van der Waals surface area contributed by atoms with E-state index in [4.69, 9.17) is 0 Å². The average Bonchev–Trinajstić information content (AvgIpc) is 3.28. The first-order valence-electron chi connectivity index (χ1n) is 8.79. The Balaban J connectivity index is 1.55. The Labute approximate surface area is 147 Å². The Morgan fingerprint density at radius 1 is 1.24 bits per heavy atom. The highest BCUT2D eigenvalue weighted by atomic mass is 16.2. The molecule has 0 N–H and O–H groups in total. The number of aromatic nitrogens is 2. The number of amides is 2. The Hall–Kier alpha value is -2.63. The molecule has 0 unspecified atom stereocenters. The number of para-hydroxylation sites is 1. The molecule has 1 fully saturated rings. The molecule has 2 aromatic rings. The van der Waals surface area contributed by atoms with Gasteiger partial charge in [0, 0.05) is 44.5 Å². The third-order valence-corrected chi connectivity index (χ3v) is 5.26. The molecule has 1 aromatic heterocycles. The first kappa shape index (κ1) is 15.9. The number of rotatable bonds is 2. The van der Waals surface area contributed by atoms with E-state index in [2.05, 4.69) is 9.55 Å². The quantitative estimate of drug-likeness (QED) is 0.842. The maximum Gasteiger partial charge on any atom is 0.246 e. The van der Waals surface area contributed by atoms with Crippen molar-refractivity contribution in [3.63, 3.8) is 0 Å². The Bertz CT molecular complexity index is 786. The second kappa shape index (κ2) is 6.35. The van der Waals surface area contributed by atoms with E-state index in [1.807, 2.05) is 41.7 Å². The Kier molecular flexibility index (Phi) is 4.03. The van der Waals surface area contributed by atoms with Crippen LogP contribution >= 0.6 is 0 Å². The van der Waals surface area contributed by atoms with Gasteiger partial charge in [0.2, 0.25) is 11.8 Å². The van der Waals surface area contributed by atoms with Crippen LogP contribution in [-0.4, -0.2) is 45.4 Å². The van der Waals surface area contributed by atoms with Crippen molar-refractivity contribution in [2.45, 2.75) is 38.3 Å². The molecule has 2 atom stereocenters.